The fourth-order valence-corrected chi connectivity index (χ4v) is 1.86. The van der Waals surface area contributed by atoms with Crippen molar-refractivity contribution in [2.45, 2.75) is 19.9 Å². The van der Waals surface area contributed by atoms with Crippen molar-refractivity contribution >= 4 is 23.1 Å². The van der Waals surface area contributed by atoms with Crippen molar-refractivity contribution in [1.29, 1.82) is 0 Å². The van der Waals surface area contributed by atoms with Crippen molar-refractivity contribution in [3.8, 4) is 0 Å². The predicted molar refractivity (Wildman–Crippen MR) is 74.6 cm³/mol. The maximum Gasteiger partial charge on any atom is 0.348 e. The van der Waals surface area contributed by atoms with E-state index in [-0.39, 0.29) is 16.7 Å². The van der Waals surface area contributed by atoms with Crippen LogP contribution in [0.3, 0.4) is 0 Å². The second-order valence-corrected chi connectivity index (χ2v) is 4.31. The Hall–Kier alpha value is -2.28. The van der Waals surface area contributed by atoms with Gasteiger partial charge in [0.25, 0.3) is 0 Å². The van der Waals surface area contributed by atoms with Crippen molar-refractivity contribution in [2.75, 3.05) is 5.32 Å². The molecule has 0 aliphatic heterocycles. The summed E-state index contributed by atoms with van der Waals surface area (Å²) in [4.78, 5) is 22.4. The van der Waals surface area contributed by atoms with Crippen LogP contribution < -0.4 is 5.32 Å². The fourth-order valence-electron chi connectivity index (χ4n) is 1.60. The van der Waals surface area contributed by atoms with Crippen molar-refractivity contribution in [2.24, 2.45) is 0 Å². The van der Waals surface area contributed by atoms with E-state index in [2.05, 4.69) is 20.3 Å². The highest BCUT2D eigenvalue weighted by atomic mass is 35.5. The molecular formula is C12H12ClN5O2. The molecule has 0 saturated heterocycles. The zero-order valence-corrected chi connectivity index (χ0v) is 11.5. The van der Waals surface area contributed by atoms with E-state index in [0.717, 1.165) is 5.56 Å². The lowest BCUT2D eigenvalue weighted by atomic mass is 10.2. The van der Waals surface area contributed by atoms with E-state index in [1.54, 1.807) is 12.4 Å². The van der Waals surface area contributed by atoms with Gasteiger partial charge in [-0.2, -0.15) is 0 Å². The van der Waals surface area contributed by atoms with E-state index in [4.69, 9.17) is 11.6 Å². The molecule has 0 unspecified atom stereocenters. The Morgan fingerprint density at radius 3 is 2.65 bits per heavy atom. The number of halogens is 1. The van der Waals surface area contributed by atoms with Gasteiger partial charge in [-0.25, -0.2) is 9.97 Å². The second-order valence-electron chi connectivity index (χ2n) is 3.95. The molecule has 7 nitrogen and oxygen atoms in total. The van der Waals surface area contributed by atoms with Gasteiger partial charge in [-0.05, 0) is 17.7 Å². The molecule has 20 heavy (non-hydrogen) atoms. The van der Waals surface area contributed by atoms with Crippen LogP contribution in [-0.2, 0) is 13.0 Å². The van der Waals surface area contributed by atoms with Crippen molar-refractivity contribution in [1.82, 2.24) is 15.0 Å². The van der Waals surface area contributed by atoms with Gasteiger partial charge in [-0.15, -0.1) is 0 Å². The van der Waals surface area contributed by atoms with E-state index < -0.39 is 4.92 Å². The monoisotopic (exact) mass is 293 g/mol. The lowest BCUT2D eigenvalue weighted by molar-refractivity contribution is -0.384. The lowest BCUT2D eigenvalue weighted by Gasteiger charge is -2.08. The van der Waals surface area contributed by atoms with Crippen molar-refractivity contribution in [3.63, 3.8) is 0 Å². The van der Waals surface area contributed by atoms with Gasteiger partial charge in [0.2, 0.25) is 11.0 Å². The van der Waals surface area contributed by atoms with Crippen LogP contribution in [0.2, 0.25) is 5.15 Å². The van der Waals surface area contributed by atoms with Gasteiger partial charge in [-0.1, -0.05) is 18.5 Å². The molecule has 2 rings (SSSR count). The molecular weight excluding hydrogens is 282 g/mol. The summed E-state index contributed by atoms with van der Waals surface area (Å²) < 4.78 is 0. The molecule has 8 heteroatoms. The standard InChI is InChI=1S/C12H12ClN5O2/c1-2-9-16-11(13)10(18(19)20)12(17-9)15-7-8-3-5-14-6-4-8/h3-6H,2,7H2,1H3,(H,15,16,17). The van der Waals surface area contributed by atoms with Crippen LogP contribution in [-0.4, -0.2) is 19.9 Å². The number of aromatic nitrogens is 3. The summed E-state index contributed by atoms with van der Waals surface area (Å²) in [6, 6.07) is 3.62. The molecule has 2 aromatic heterocycles. The molecule has 0 aliphatic rings. The molecule has 2 aromatic rings. The summed E-state index contributed by atoms with van der Waals surface area (Å²) in [6.07, 6.45) is 3.84. The van der Waals surface area contributed by atoms with Crippen LogP contribution in [0.25, 0.3) is 0 Å². The molecule has 0 fully saturated rings. The summed E-state index contributed by atoms with van der Waals surface area (Å²) >= 11 is 5.85. The minimum Gasteiger partial charge on any atom is -0.360 e. The minimum absolute atomic E-state index is 0.128. The molecule has 0 saturated carbocycles. The van der Waals surface area contributed by atoms with E-state index in [1.807, 2.05) is 19.1 Å². The summed E-state index contributed by atoms with van der Waals surface area (Å²) in [5.74, 6) is 0.585. The Morgan fingerprint density at radius 1 is 1.35 bits per heavy atom. The van der Waals surface area contributed by atoms with Crippen LogP contribution in [0.1, 0.15) is 18.3 Å². The van der Waals surface area contributed by atoms with Crippen LogP contribution >= 0.6 is 11.6 Å². The number of hydrogen-bond acceptors (Lipinski definition) is 6. The molecule has 2 heterocycles. The average Bonchev–Trinajstić information content (AvgIpc) is 2.45. The second kappa shape index (κ2) is 6.25. The van der Waals surface area contributed by atoms with Gasteiger partial charge >= 0.3 is 5.69 Å². The molecule has 0 aromatic carbocycles. The molecule has 0 amide bonds. The maximum atomic E-state index is 11.0. The van der Waals surface area contributed by atoms with E-state index >= 15 is 0 Å². The number of nitrogens with one attached hydrogen (secondary N) is 1. The Bertz CT molecular complexity index is 621. The Balaban J connectivity index is 2.29. The average molecular weight is 294 g/mol. The number of aryl methyl sites for hydroxylation is 1. The number of rotatable bonds is 5. The van der Waals surface area contributed by atoms with E-state index in [0.29, 0.717) is 18.8 Å². The summed E-state index contributed by atoms with van der Waals surface area (Å²) in [5, 5.41) is 13.8. The first-order valence-corrected chi connectivity index (χ1v) is 6.33. The van der Waals surface area contributed by atoms with Gasteiger partial charge in [0.05, 0.1) is 4.92 Å². The van der Waals surface area contributed by atoms with Crippen molar-refractivity contribution < 1.29 is 4.92 Å². The van der Waals surface area contributed by atoms with Crippen LogP contribution in [0.5, 0.6) is 0 Å². The van der Waals surface area contributed by atoms with Crippen LogP contribution in [0.15, 0.2) is 24.5 Å². The summed E-state index contributed by atoms with van der Waals surface area (Å²) in [5.41, 5.74) is 0.625. The highest BCUT2D eigenvalue weighted by Crippen LogP contribution is 2.29. The Morgan fingerprint density at radius 2 is 2.05 bits per heavy atom. The smallest absolute Gasteiger partial charge is 0.348 e. The molecule has 0 radical (unpaired) electrons. The molecule has 0 aliphatic carbocycles. The van der Waals surface area contributed by atoms with Crippen LogP contribution in [0.4, 0.5) is 11.5 Å². The predicted octanol–water partition coefficient (Wildman–Crippen LogP) is 2.61. The van der Waals surface area contributed by atoms with Gasteiger partial charge in [0, 0.05) is 25.4 Å². The zero-order valence-electron chi connectivity index (χ0n) is 10.7. The lowest BCUT2D eigenvalue weighted by Crippen LogP contribution is -2.08. The SMILES string of the molecule is CCc1nc(Cl)c([N+](=O)[O-])c(NCc2ccncc2)n1. The zero-order chi connectivity index (χ0) is 14.5. The normalized spacial score (nSPS) is 10.3. The number of pyridine rings is 1. The number of anilines is 1. The highest BCUT2D eigenvalue weighted by molar-refractivity contribution is 6.31. The molecule has 0 spiro atoms. The first kappa shape index (κ1) is 14.1. The third-order valence-electron chi connectivity index (χ3n) is 2.60. The number of nitrogens with zero attached hydrogens (tertiary/aromatic N) is 4. The summed E-state index contributed by atoms with van der Waals surface area (Å²) in [6.45, 7) is 2.24. The van der Waals surface area contributed by atoms with E-state index in [1.165, 1.54) is 0 Å². The quantitative estimate of drug-likeness (QED) is 0.517. The van der Waals surface area contributed by atoms with Gasteiger partial charge in [0.1, 0.15) is 5.82 Å². The Labute approximate surface area is 120 Å². The third kappa shape index (κ3) is 3.18. The highest BCUT2D eigenvalue weighted by Gasteiger charge is 2.23. The largest absolute Gasteiger partial charge is 0.360 e. The first-order chi connectivity index (χ1) is 9.61. The van der Waals surface area contributed by atoms with Gasteiger partial charge in [0.15, 0.2) is 0 Å². The van der Waals surface area contributed by atoms with Crippen LogP contribution in [0, 0.1) is 10.1 Å². The number of nitro groups is 1. The first-order valence-electron chi connectivity index (χ1n) is 5.95. The van der Waals surface area contributed by atoms with E-state index in [9.17, 15) is 10.1 Å². The molecule has 0 atom stereocenters. The van der Waals surface area contributed by atoms with Gasteiger partial charge in [-0.3, -0.25) is 15.1 Å². The molecule has 1 N–H and O–H groups in total. The maximum absolute atomic E-state index is 11.0. The topological polar surface area (TPSA) is 93.8 Å². The fraction of sp³-hybridized carbons (Fsp3) is 0.250. The minimum atomic E-state index is -0.587. The number of hydrogen-bond donors (Lipinski definition) is 1. The molecule has 0 bridgehead atoms. The summed E-state index contributed by atoms with van der Waals surface area (Å²) in [7, 11) is 0. The van der Waals surface area contributed by atoms with Gasteiger partial charge < -0.3 is 5.32 Å². The third-order valence-corrected chi connectivity index (χ3v) is 2.86. The van der Waals surface area contributed by atoms with Crippen molar-refractivity contribution in [3.05, 3.63) is 51.2 Å². The molecule has 104 valence electrons. The Kier molecular flexibility index (Phi) is 4.41.